The summed E-state index contributed by atoms with van der Waals surface area (Å²) in [6, 6.07) is 8.73. The van der Waals surface area contributed by atoms with E-state index >= 15 is 0 Å². The van der Waals surface area contributed by atoms with Gasteiger partial charge < -0.3 is 19.9 Å². The summed E-state index contributed by atoms with van der Waals surface area (Å²) < 4.78 is 25.0. The van der Waals surface area contributed by atoms with E-state index in [0.717, 1.165) is 17.7 Å². The summed E-state index contributed by atoms with van der Waals surface area (Å²) in [4.78, 5) is 22.9. The van der Waals surface area contributed by atoms with E-state index in [1.165, 1.54) is 6.07 Å². The average molecular weight is 375 g/mol. The highest BCUT2D eigenvalue weighted by molar-refractivity contribution is 5.96. The first-order chi connectivity index (χ1) is 13.0. The predicted octanol–water partition coefficient (Wildman–Crippen LogP) is 3.29. The van der Waals surface area contributed by atoms with Crippen LogP contribution in [0, 0.1) is 5.82 Å². The van der Waals surface area contributed by atoms with Crippen molar-refractivity contribution in [2.75, 3.05) is 19.8 Å². The molecule has 0 spiro atoms. The Balaban J connectivity index is 1.98. The van der Waals surface area contributed by atoms with Crippen LogP contribution in [0.15, 0.2) is 36.4 Å². The first-order valence-electron chi connectivity index (χ1n) is 8.65. The van der Waals surface area contributed by atoms with Crippen LogP contribution in [0.3, 0.4) is 0 Å². The highest BCUT2D eigenvalue weighted by atomic mass is 19.1. The Kier molecular flexibility index (Phi) is 7.16. The van der Waals surface area contributed by atoms with Crippen molar-refractivity contribution in [2.24, 2.45) is 0 Å². The summed E-state index contributed by atoms with van der Waals surface area (Å²) in [5, 5.41) is 11.5. The highest BCUT2D eigenvalue weighted by Crippen LogP contribution is 2.28. The average Bonchev–Trinajstić information content (AvgIpc) is 2.63. The zero-order valence-corrected chi connectivity index (χ0v) is 15.3. The maximum Gasteiger partial charge on any atom is 0.335 e. The summed E-state index contributed by atoms with van der Waals surface area (Å²) in [5.74, 6) is -1.42. The van der Waals surface area contributed by atoms with Gasteiger partial charge in [0.25, 0.3) is 5.91 Å². The van der Waals surface area contributed by atoms with Gasteiger partial charge in [0.2, 0.25) is 0 Å². The molecular formula is C20H22FNO5. The molecule has 0 aliphatic carbocycles. The van der Waals surface area contributed by atoms with Crippen LogP contribution in [0.4, 0.5) is 4.39 Å². The molecule has 1 amide bonds. The Morgan fingerprint density at radius 3 is 2.37 bits per heavy atom. The van der Waals surface area contributed by atoms with E-state index in [1.54, 1.807) is 0 Å². The smallest absolute Gasteiger partial charge is 0.335 e. The molecule has 2 rings (SSSR count). The van der Waals surface area contributed by atoms with Crippen LogP contribution < -0.4 is 14.8 Å². The lowest BCUT2D eigenvalue weighted by Crippen LogP contribution is -2.26. The van der Waals surface area contributed by atoms with Crippen LogP contribution in [0.5, 0.6) is 11.5 Å². The molecule has 0 saturated carbocycles. The minimum atomic E-state index is -1.25. The number of benzene rings is 2. The maximum atomic E-state index is 13.9. The van der Waals surface area contributed by atoms with Gasteiger partial charge in [-0.05, 0) is 56.2 Å². The highest BCUT2D eigenvalue weighted by Gasteiger charge is 2.14. The zero-order chi connectivity index (χ0) is 19.8. The molecule has 6 nitrogen and oxygen atoms in total. The number of carbonyl (C=O) groups excluding carboxylic acids is 1. The van der Waals surface area contributed by atoms with Crippen molar-refractivity contribution in [3.63, 3.8) is 0 Å². The van der Waals surface area contributed by atoms with E-state index in [0.29, 0.717) is 37.7 Å². The lowest BCUT2D eigenvalue weighted by molar-refractivity contribution is 0.0695. The maximum absolute atomic E-state index is 13.9. The van der Waals surface area contributed by atoms with Crippen LogP contribution in [0.25, 0.3) is 0 Å². The molecule has 0 heterocycles. The summed E-state index contributed by atoms with van der Waals surface area (Å²) >= 11 is 0. The van der Waals surface area contributed by atoms with Crippen LogP contribution >= 0.6 is 0 Å². The molecule has 144 valence electrons. The van der Waals surface area contributed by atoms with Crippen LogP contribution in [-0.2, 0) is 6.42 Å². The van der Waals surface area contributed by atoms with Gasteiger partial charge in [0.1, 0.15) is 5.82 Å². The molecule has 2 aromatic rings. The Morgan fingerprint density at radius 2 is 1.74 bits per heavy atom. The Labute approximate surface area is 156 Å². The van der Waals surface area contributed by atoms with E-state index in [2.05, 4.69) is 5.32 Å². The van der Waals surface area contributed by atoms with E-state index in [4.69, 9.17) is 14.6 Å². The van der Waals surface area contributed by atoms with Crippen molar-refractivity contribution >= 4 is 11.9 Å². The molecule has 0 saturated heterocycles. The lowest BCUT2D eigenvalue weighted by atomic mass is 10.1. The molecule has 0 atom stereocenters. The molecule has 0 unspecified atom stereocenters. The number of carboxylic acid groups (broad SMARTS) is 1. The number of carboxylic acids is 1. The van der Waals surface area contributed by atoms with Crippen molar-refractivity contribution in [3.05, 3.63) is 58.9 Å². The molecule has 0 aliphatic rings. The number of rotatable bonds is 9. The Bertz CT molecular complexity index is 822. The second kappa shape index (κ2) is 9.56. The van der Waals surface area contributed by atoms with Gasteiger partial charge in [0.15, 0.2) is 11.5 Å². The number of aromatic carboxylic acids is 1. The molecule has 0 aliphatic heterocycles. The van der Waals surface area contributed by atoms with Gasteiger partial charge >= 0.3 is 5.97 Å². The molecular weight excluding hydrogens is 353 g/mol. The second-order valence-electron chi connectivity index (χ2n) is 5.65. The van der Waals surface area contributed by atoms with Gasteiger partial charge in [-0.25, -0.2) is 9.18 Å². The standard InChI is InChI=1S/C20H22FNO5/c1-3-26-17-8-5-13(11-18(17)27-4-2)9-10-22-19(23)15-7-6-14(20(24)25)12-16(15)21/h5-8,11-12H,3-4,9-10H2,1-2H3,(H,22,23)(H,24,25). The number of carbonyl (C=O) groups is 2. The number of halogens is 1. The fourth-order valence-electron chi connectivity index (χ4n) is 2.50. The van der Waals surface area contributed by atoms with Crippen molar-refractivity contribution in [3.8, 4) is 11.5 Å². The van der Waals surface area contributed by atoms with Gasteiger partial charge in [0, 0.05) is 6.54 Å². The minimum absolute atomic E-state index is 0.193. The number of hydrogen-bond acceptors (Lipinski definition) is 4. The topological polar surface area (TPSA) is 84.9 Å². The van der Waals surface area contributed by atoms with Crippen LogP contribution in [-0.4, -0.2) is 36.7 Å². The van der Waals surface area contributed by atoms with Crippen molar-refractivity contribution in [1.29, 1.82) is 0 Å². The monoisotopic (exact) mass is 375 g/mol. The number of amides is 1. The summed E-state index contributed by atoms with van der Waals surface area (Å²) in [7, 11) is 0. The van der Waals surface area contributed by atoms with Gasteiger partial charge in [-0.2, -0.15) is 0 Å². The third kappa shape index (κ3) is 5.44. The first-order valence-corrected chi connectivity index (χ1v) is 8.65. The van der Waals surface area contributed by atoms with Crippen molar-refractivity contribution in [1.82, 2.24) is 5.32 Å². The first kappa shape index (κ1) is 20.2. The number of hydrogen-bond donors (Lipinski definition) is 2. The summed E-state index contributed by atoms with van der Waals surface area (Å²) in [5.41, 5.74) is 0.535. The molecule has 7 heteroatoms. The third-order valence-electron chi connectivity index (χ3n) is 3.77. The van der Waals surface area contributed by atoms with E-state index in [-0.39, 0.29) is 11.1 Å². The molecule has 2 N–H and O–H groups in total. The van der Waals surface area contributed by atoms with E-state index in [1.807, 2.05) is 32.0 Å². The fraction of sp³-hybridized carbons (Fsp3) is 0.300. The Morgan fingerprint density at radius 1 is 1.04 bits per heavy atom. The summed E-state index contributed by atoms with van der Waals surface area (Å²) in [6.45, 7) is 5.10. The SMILES string of the molecule is CCOc1ccc(CCNC(=O)c2ccc(C(=O)O)cc2F)cc1OCC. The molecule has 0 fully saturated rings. The fourth-order valence-corrected chi connectivity index (χ4v) is 2.50. The van der Waals surface area contributed by atoms with Crippen LogP contribution in [0.2, 0.25) is 0 Å². The summed E-state index contributed by atoms with van der Waals surface area (Å²) in [6.07, 6.45) is 0.521. The quantitative estimate of drug-likeness (QED) is 0.703. The third-order valence-corrected chi connectivity index (χ3v) is 3.77. The van der Waals surface area contributed by atoms with Gasteiger partial charge in [-0.1, -0.05) is 6.07 Å². The van der Waals surface area contributed by atoms with Crippen molar-refractivity contribution < 1.29 is 28.6 Å². The Hall–Kier alpha value is -3.09. The van der Waals surface area contributed by atoms with Crippen LogP contribution in [0.1, 0.15) is 40.1 Å². The van der Waals surface area contributed by atoms with E-state index in [9.17, 15) is 14.0 Å². The second-order valence-corrected chi connectivity index (χ2v) is 5.65. The molecule has 0 aromatic heterocycles. The molecule has 0 bridgehead atoms. The lowest BCUT2D eigenvalue weighted by Gasteiger charge is -2.13. The van der Waals surface area contributed by atoms with Crippen molar-refractivity contribution in [2.45, 2.75) is 20.3 Å². The number of nitrogens with one attached hydrogen (secondary N) is 1. The normalized spacial score (nSPS) is 10.3. The van der Waals surface area contributed by atoms with Gasteiger partial charge in [-0.15, -0.1) is 0 Å². The molecule has 27 heavy (non-hydrogen) atoms. The number of ether oxygens (including phenoxy) is 2. The van der Waals surface area contributed by atoms with Gasteiger partial charge in [-0.3, -0.25) is 4.79 Å². The molecule has 0 radical (unpaired) electrons. The predicted molar refractivity (Wildman–Crippen MR) is 98.2 cm³/mol. The molecule has 2 aromatic carbocycles. The van der Waals surface area contributed by atoms with E-state index < -0.39 is 17.7 Å². The zero-order valence-electron chi connectivity index (χ0n) is 15.3. The van der Waals surface area contributed by atoms with Gasteiger partial charge in [0.05, 0.1) is 24.3 Å². The minimum Gasteiger partial charge on any atom is -0.490 e. The largest absolute Gasteiger partial charge is 0.490 e.